The minimum Gasteiger partial charge on any atom is -0.494 e. The molecule has 1 unspecified atom stereocenters. The molecule has 0 aliphatic rings. The number of carbonyl (C=O) groups is 3. The van der Waals surface area contributed by atoms with Gasteiger partial charge in [0.2, 0.25) is 11.8 Å². The Hall–Kier alpha value is -3.35. The van der Waals surface area contributed by atoms with E-state index in [0.29, 0.717) is 24.5 Å². The third kappa shape index (κ3) is 8.04. The van der Waals surface area contributed by atoms with Gasteiger partial charge in [-0.3, -0.25) is 14.4 Å². The first-order chi connectivity index (χ1) is 13.8. The van der Waals surface area contributed by atoms with Crippen LogP contribution in [-0.2, 0) is 14.4 Å². The van der Waals surface area contributed by atoms with Gasteiger partial charge >= 0.3 is 5.97 Å². The molecule has 0 bridgehead atoms. The number of rotatable bonds is 10. The highest BCUT2D eigenvalue weighted by Crippen LogP contribution is 2.20. The molecule has 0 aliphatic heterocycles. The third-order valence-electron chi connectivity index (χ3n) is 4.19. The number of nitrogens with one attached hydrogen (secondary N) is 2. The SMILES string of the molecule is CC(=O)NC(CC(=O)Nc1ccc(OCCCC(=O)O)cc1)c1ccc(C)cc1. The molecule has 2 amide bonds. The summed E-state index contributed by atoms with van der Waals surface area (Å²) in [6.45, 7) is 3.71. The first-order valence-electron chi connectivity index (χ1n) is 9.41. The van der Waals surface area contributed by atoms with Gasteiger partial charge in [0.05, 0.1) is 19.1 Å². The van der Waals surface area contributed by atoms with Crippen molar-refractivity contribution in [3.63, 3.8) is 0 Å². The van der Waals surface area contributed by atoms with E-state index in [4.69, 9.17) is 9.84 Å². The van der Waals surface area contributed by atoms with Crippen molar-refractivity contribution in [2.75, 3.05) is 11.9 Å². The van der Waals surface area contributed by atoms with Crippen molar-refractivity contribution >= 4 is 23.5 Å². The normalized spacial score (nSPS) is 11.4. The van der Waals surface area contributed by atoms with Gasteiger partial charge < -0.3 is 20.5 Å². The zero-order valence-corrected chi connectivity index (χ0v) is 16.6. The third-order valence-corrected chi connectivity index (χ3v) is 4.19. The lowest BCUT2D eigenvalue weighted by molar-refractivity contribution is -0.137. The van der Waals surface area contributed by atoms with Gasteiger partial charge in [-0.05, 0) is 43.2 Å². The molecule has 29 heavy (non-hydrogen) atoms. The largest absolute Gasteiger partial charge is 0.494 e. The fourth-order valence-corrected chi connectivity index (χ4v) is 2.74. The number of carboxylic acids is 1. The van der Waals surface area contributed by atoms with Crippen molar-refractivity contribution in [3.8, 4) is 5.75 Å². The van der Waals surface area contributed by atoms with E-state index < -0.39 is 12.0 Å². The molecule has 3 N–H and O–H groups in total. The first kappa shape index (κ1) is 21.9. The van der Waals surface area contributed by atoms with Gasteiger partial charge in [0, 0.05) is 19.0 Å². The summed E-state index contributed by atoms with van der Waals surface area (Å²) in [4.78, 5) is 34.5. The first-order valence-corrected chi connectivity index (χ1v) is 9.41. The molecule has 0 radical (unpaired) electrons. The lowest BCUT2D eigenvalue weighted by Crippen LogP contribution is -2.29. The van der Waals surface area contributed by atoms with Crippen LogP contribution in [0.5, 0.6) is 5.75 Å². The number of carbonyl (C=O) groups excluding carboxylic acids is 2. The Bertz CT molecular complexity index is 831. The summed E-state index contributed by atoms with van der Waals surface area (Å²) < 4.78 is 5.47. The summed E-state index contributed by atoms with van der Waals surface area (Å²) in [5.74, 6) is -0.675. The van der Waals surface area contributed by atoms with Crippen LogP contribution in [-0.4, -0.2) is 29.5 Å². The van der Waals surface area contributed by atoms with Gasteiger partial charge in [-0.2, -0.15) is 0 Å². The van der Waals surface area contributed by atoms with Crippen molar-refractivity contribution in [2.24, 2.45) is 0 Å². The van der Waals surface area contributed by atoms with E-state index in [-0.39, 0.29) is 24.7 Å². The number of hydrogen-bond acceptors (Lipinski definition) is 4. The molecule has 0 saturated heterocycles. The van der Waals surface area contributed by atoms with E-state index >= 15 is 0 Å². The number of benzene rings is 2. The molecule has 0 saturated carbocycles. The van der Waals surface area contributed by atoms with Crippen LogP contribution in [0, 0.1) is 6.92 Å². The topological polar surface area (TPSA) is 105 Å². The van der Waals surface area contributed by atoms with Crippen molar-refractivity contribution in [3.05, 3.63) is 59.7 Å². The second kappa shape index (κ2) is 10.8. The fraction of sp³-hybridized carbons (Fsp3) is 0.318. The number of aryl methyl sites for hydroxylation is 1. The van der Waals surface area contributed by atoms with Gasteiger partial charge in [-0.1, -0.05) is 29.8 Å². The van der Waals surface area contributed by atoms with Crippen LogP contribution in [0.3, 0.4) is 0 Å². The summed E-state index contributed by atoms with van der Waals surface area (Å²) in [5.41, 5.74) is 2.58. The molecule has 2 rings (SSSR count). The molecule has 7 nitrogen and oxygen atoms in total. The summed E-state index contributed by atoms with van der Waals surface area (Å²) in [5, 5.41) is 14.2. The lowest BCUT2D eigenvalue weighted by atomic mass is 10.0. The molecule has 0 spiro atoms. The van der Waals surface area contributed by atoms with Crippen LogP contribution >= 0.6 is 0 Å². The number of amides is 2. The molecule has 0 heterocycles. The zero-order valence-electron chi connectivity index (χ0n) is 16.6. The quantitative estimate of drug-likeness (QED) is 0.532. The Balaban J connectivity index is 1.91. The Morgan fingerprint density at radius 2 is 1.69 bits per heavy atom. The van der Waals surface area contributed by atoms with Crippen LogP contribution in [0.4, 0.5) is 5.69 Å². The van der Waals surface area contributed by atoms with Crippen molar-refractivity contribution in [1.29, 1.82) is 0 Å². The molecule has 2 aromatic carbocycles. The van der Waals surface area contributed by atoms with Crippen LogP contribution in [0.1, 0.15) is 43.4 Å². The molecule has 154 valence electrons. The van der Waals surface area contributed by atoms with E-state index in [1.54, 1.807) is 24.3 Å². The van der Waals surface area contributed by atoms with Gasteiger partial charge in [0.1, 0.15) is 5.75 Å². The summed E-state index contributed by atoms with van der Waals surface area (Å²) in [6.07, 6.45) is 0.595. The van der Waals surface area contributed by atoms with E-state index in [2.05, 4.69) is 10.6 Å². The Morgan fingerprint density at radius 1 is 1.03 bits per heavy atom. The van der Waals surface area contributed by atoms with Crippen molar-refractivity contribution < 1.29 is 24.2 Å². The Morgan fingerprint density at radius 3 is 2.28 bits per heavy atom. The average Bonchev–Trinajstić information content (AvgIpc) is 2.66. The van der Waals surface area contributed by atoms with Crippen molar-refractivity contribution in [1.82, 2.24) is 5.32 Å². The van der Waals surface area contributed by atoms with Gasteiger partial charge in [0.25, 0.3) is 0 Å². The second-order valence-corrected chi connectivity index (χ2v) is 6.79. The number of carboxylic acid groups (broad SMARTS) is 1. The fourth-order valence-electron chi connectivity index (χ4n) is 2.74. The number of anilines is 1. The van der Waals surface area contributed by atoms with Gasteiger partial charge in [0.15, 0.2) is 0 Å². The maximum Gasteiger partial charge on any atom is 0.303 e. The average molecular weight is 398 g/mol. The molecule has 0 fully saturated rings. The minimum atomic E-state index is -0.852. The van der Waals surface area contributed by atoms with Crippen LogP contribution < -0.4 is 15.4 Å². The predicted molar refractivity (Wildman–Crippen MR) is 110 cm³/mol. The lowest BCUT2D eigenvalue weighted by Gasteiger charge is -2.18. The standard InChI is InChI=1S/C22H26N2O5/c1-15-5-7-17(8-6-15)20(23-16(2)25)14-21(26)24-18-9-11-19(12-10-18)29-13-3-4-22(27)28/h5-12,20H,3-4,13-14H2,1-2H3,(H,23,25)(H,24,26)(H,27,28). The molecule has 0 aliphatic carbocycles. The minimum absolute atomic E-state index is 0.0601. The number of hydrogen-bond donors (Lipinski definition) is 3. The Kier molecular flexibility index (Phi) is 8.21. The molecule has 2 aromatic rings. The van der Waals surface area contributed by atoms with E-state index in [1.807, 2.05) is 31.2 Å². The predicted octanol–water partition coefficient (Wildman–Crippen LogP) is 3.44. The van der Waals surface area contributed by atoms with E-state index in [0.717, 1.165) is 11.1 Å². The maximum atomic E-state index is 12.5. The van der Waals surface area contributed by atoms with Crippen LogP contribution in [0.15, 0.2) is 48.5 Å². The van der Waals surface area contributed by atoms with E-state index in [1.165, 1.54) is 6.92 Å². The molecule has 0 aromatic heterocycles. The molecule has 1 atom stereocenters. The summed E-state index contributed by atoms with van der Waals surface area (Å²) in [7, 11) is 0. The number of aliphatic carboxylic acids is 1. The summed E-state index contributed by atoms with van der Waals surface area (Å²) in [6, 6.07) is 14.1. The van der Waals surface area contributed by atoms with Crippen LogP contribution in [0.25, 0.3) is 0 Å². The maximum absolute atomic E-state index is 12.5. The highest BCUT2D eigenvalue weighted by Gasteiger charge is 2.17. The molecular weight excluding hydrogens is 372 g/mol. The Labute approximate surface area is 170 Å². The smallest absolute Gasteiger partial charge is 0.303 e. The van der Waals surface area contributed by atoms with Crippen molar-refractivity contribution in [2.45, 2.75) is 39.2 Å². The monoisotopic (exact) mass is 398 g/mol. The van der Waals surface area contributed by atoms with Gasteiger partial charge in [-0.15, -0.1) is 0 Å². The highest BCUT2D eigenvalue weighted by atomic mass is 16.5. The summed E-state index contributed by atoms with van der Waals surface area (Å²) >= 11 is 0. The zero-order chi connectivity index (χ0) is 21.2. The van der Waals surface area contributed by atoms with Gasteiger partial charge in [-0.25, -0.2) is 0 Å². The number of ether oxygens (including phenoxy) is 1. The van der Waals surface area contributed by atoms with E-state index in [9.17, 15) is 14.4 Å². The van der Waals surface area contributed by atoms with Crippen LogP contribution in [0.2, 0.25) is 0 Å². The highest BCUT2D eigenvalue weighted by molar-refractivity contribution is 5.91. The molecular formula is C22H26N2O5. The molecule has 7 heteroatoms. The second-order valence-electron chi connectivity index (χ2n) is 6.79.